The summed E-state index contributed by atoms with van der Waals surface area (Å²) in [6, 6.07) is 16.5. The monoisotopic (exact) mass is 556 g/mol. The molecule has 0 aliphatic heterocycles. The summed E-state index contributed by atoms with van der Waals surface area (Å²) in [4.78, 5) is 4.66. The highest BCUT2D eigenvalue weighted by atomic mass is 35.5. The summed E-state index contributed by atoms with van der Waals surface area (Å²) >= 11 is 6.15. The predicted molar refractivity (Wildman–Crippen MR) is 141 cm³/mol. The Balaban J connectivity index is 1.64. The fourth-order valence-electron chi connectivity index (χ4n) is 4.21. The molecule has 0 aliphatic rings. The Bertz CT molecular complexity index is 1650. The van der Waals surface area contributed by atoms with Crippen molar-refractivity contribution in [3.05, 3.63) is 94.9 Å². The molecule has 0 spiro atoms. The molecule has 3 aromatic carbocycles. The second kappa shape index (κ2) is 10.5. The van der Waals surface area contributed by atoms with E-state index in [4.69, 9.17) is 21.1 Å². The van der Waals surface area contributed by atoms with E-state index in [1.807, 2.05) is 24.3 Å². The molecule has 0 fully saturated rings. The van der Waals surface area contributed by atoms with Gasteiger partial charge in [0.1, 0.15) is 28.8 Å². The SMILES string of the molecule is COc1ccc(Cn2ncc3cc(Nc4ccc(C(F)(F)F)cc4Cl)nc(-c4c(F)cccc4OC)c32)cc1. The third kappa shape index (κ3) is 5.33. The highest BCUT2D eigenvalue weighted by molar-refractivity contribution is 6.33. The molecular formula is C28H21ClF4N4O2. The summed E-state index contributed by atoms with van der Waals surface area (Å²) in [5.74, 6) is 0.629. The van der Waals surface area contributed by atoms with Gasteiger partial charge in [-0.25, -0.2) is 9.37 Å². The summed E-state index contributed by atoms with van der Waals surface area (Å²) < 4.78 is 66.9. The molecule has 5 aromatic rings. The minimum absolute atomic E-state index is 0.114. The normalized spacial score (nSPS) is 11.6. The second-order valence-electron chi connectivity index (χ2n) is 8.58. The average molecular weight is 557 g/mol. The minimum atomic E-state index is -4.54. The summed E-state index contributed by atoms with van der Waals surface area (Å²) in [5, 5.41) is 7.94. The van der Waals surface area contributed by atoms with Crippen LogP contribution in [-0.4, -0.2) is 29.0 Å². The smallest absolute Gasteiger partial charge is 0.416 e. The third-order valence-electron chi connectivity index (χ3n) is 6.10. The van der Waals surface area contributed by atoms with Crippen molar-refractivity contribution in [2.75, 3.05) is 19.5 Å². The summed E-state index contributed by atoms with van der Waals surface area (Å²) in [7, 11) is 3.01. The number of aromatic nitrogens is 3. The number of ether oxygens (including phenoxy) is 2. The lowest BCUT2D eigenvalue weighted by Gasteiger charge is -2.15. The number of pyridine rings is 1. The molecule has 0 saturated heterocycles. The molecule has 0 radical (unpaired) electrons. The van der Waals surface area contributed by atoms with Gasteiger partial charge in [0.25, 0.3) is 0 Å². The molecular weight excluding hydrogens is 536 g/mol. The molecule has 1 N–H and O–H groups in total. The van der Waals surface area contributed by atoms with Crippen LogP contribution < -0.4 is 14.8 Å². The summed E-state index contributed by atoms with van der Waals surface area (Å²) in [6.45, 7) is 0.358. The molecule has 6 nitrogen and oxygen atoms in total. The van der Waals surface area contributed by atoms with Gasteiger partial charge in [-0.1, -0.05) is 29.8 Å². The first-order chi connectivity index (χ1) is 18.7. The Morgan fingerprint density at radius 2 is 1.74 bits per heavy atom. The van der Waals surface area contributed by atoms with E-state index in [-0.39, 0.29) is 33.5 Å². The number of rotatable bonds is 7. The Hall–Kier alpha value is -4.31. The molecule has 2 aromatic heterocycles. The van der Waals surface area contributed by atoms with Crippen molar-refractivity contribution >= 4 is 34.0 Å². The predicted octanol–water partition coefficient (Wildman–Crippen LogP) is 7.72. The minimum Gasteiger partial charge on any atom is -0.497 e. The molecule has 0 saturated carbocycles. The molecule has 5 rings (SSSR count). The molecule has 0 bridgehead atoms. The number of nitrogens with zero attached hydrogens (tertiary/aromatic N) is 3. The van der Waals surface area contributed by atoms with Crippen LogP contribution >= 0.6 is 11.6 Å². The zero-order valence-corrected chi connectivity index (χ0v) is 21.4. The standard InChI is InChI=1S/C28H21ClF4N4O2/c1-38-19-9-6-16(7-10-19)15-37-27-17(14-34-37)12-24(35-22-11-8-18(13-20(22)29)28(31,32)33)36-26(27)25-21(30)4-3-5-23(25)39-2/h3-14H,15H2,1-2H3,(H,35,36). The number of fused-ring (bicyclic) bond motifs is 1. The lowest BCUT2D eigenvalue weighted by molar-refractivity contribution is -0.137. The van der Waals surface area contributed by atoms with Crippen LogP contribution in [0.2, 0.25) is 5.02 Å². The van der Waals surface area contributed by atoms with Crippen molar-refractivity contribution < 1.29 is 27.0 Å². The maximum Gasteiger partial charge on any atom is 0.416 e. The topological polar surface area (TPSA) is 61.2 Å². The first kappa shape index (κ1) is 26.3. The fraction of sp³-hybridized carbons (Fsp3) is 0.143. The van der Waals surface area contributed by atoms with Crippen LogP contribution in [0.5, 0.6) is 11.5 Å². The van der Waals surface area contributed by atoms with Gasteiger partial charge in [0.2, 0.25) is 0 Å². The summed E-state index contributed by atoms with van der Waals surface area (Å²) in [6.07, 6.45) is -2.93. The van der Waals surface area contributed by atoms with E-state index in [1.165, 1.54) is 25.3 Å². The van der Waals surface area contributed by atoms with Crippen LogP contribution in [0.3, 0.4) is 0 Å². The number of halogens is 5. The quantitative estimate of drug-likeness (QED) is 0.208. The van der Waals surface area contributed by atoms with Gasteiger partial charge in [0.15, 0.2) is 0 Å². The number of alkyl halides is 3. The molecule has 11 heteroatoms. The number of methoxy groups -OCH3 is 2. The largest absolute Gasteiger partial charge is 0.497 e. The highest BCUT2D eigenvalue weighted by Gasteiger charge is 2.31. The van der Waals surface area contributed by atoms with Gasteiger partial charge in [0, 0.05) is 5.39 Å². The highest BCUT2D eigenvalue weighted by Crippen LogP contribution is 2.39. The lowest BCUT2D eigenvalue weighted by atomic mass is 10.1. The van der Waals surface area contributed by atoms with Crippen molar-refractivity contribution in [3.8, 4) is 22.8 Å². The van der Waals surface area contributed by atoms with Crippen molar-refractivity contribution in [2.45, 2.75) is 12.7 Å². The average Bonchev–Trinajstić information content (AvgIpc) is 3.31. The van der Waals surface area contributed by atoms with E-state index in [9.17, 15) is 13.2 Å². The summed E-state index contributed by atoms with van der Waals surface area (Å²) in [5.41, 5.74) is 1.14. The van der Waals surface area contributed by atoms with E-state index >= 15 is 4.39 Å². The number of benzene rings is 3. The van der Waals surface area contributed by atoms with Crippen LogP contribution in [0.25, 0.3) is 22.2 Å². The van der Waals surface area contributed by atoms with Crippen molar-refractivity contribution in [1.29, 1.82) is 0 Å². The Labute approximate surface area is 225 Å². The molecule has 2 heterocycles. The zero-order chi connectivity index (χ0) is 27.7. The third-order valence-corrected chi connectivity index (χ3v) is 6.41. The molecule has 0 aliphatic carbocycles. The van der Waals surface area contributed by atoms with E-state index in [0.717, 1.165) is 17.7 Å². The van der Waals surface area contributed by atoms with E-state index < -0.39 is 17.6 Å². The number of nitrogens with one attached hydrogen (secondary N) is 1. The van der Waals surface area contributed by atoms with Crippen LogP contribution in [0.1, 0.15) is 11.1 Å². The second-order valence-corrected chi connectivity index (χ2v) is 8.99. The molecule has 0 amide bonds. The fourth-order valence-corrected chi connectivity index (χ4v) is 4.44. The van der Waals surface area contributed by atoms with E-state index in [2.05, 4.69) is 15.4 Å². The maximum atomic E-state index is 15.3. The van der Waals surface area contributed by atoms with Crippen LogP contribution in [0, 0.1) is 5.82 Å². The van der Waals surface area contributed by atoms with E-state index in [0.29, 0.717) is 23.2 Å². The lowest BCUT2D eigenvalue weighted by Crippen LogP contribution is -2.06. The van der Waals surface area contributed by atoms with Gasteiger partial charge in [-0.15, -0.1) is 0 Å². The van der Waals surface area contributed by atoms with Crippen molar-refractivity contribution in [1.82, 2.24) is 14.8 Å². The first-order valence-corrected chi connectivity index (χ1v) is 12.0. The van der Waals surface area contributed by atoms with Gasteiger partial charge in [-0.2, -0.15) is 18.3 Å². The molecule has 0 unspecified atom stereocenters. The maximum absolute atomic E-state index is 15.3. The Morgan fingerprint density at radius 3 is 2.41 bits per heavy atom. The number of hydrogen-bond donors (Lipinski definition) is 1. The number of anilines is 2. The number of hydrogen-bond acceptors (Lipinski definition) is 5. The first-order valence-electron chi connectivity index (χ1n) is 11.6. The van der Waals surface area contributed by atoms with E-state index in [1.54, 1.807) is 30.1 Å². The van der Waals surface area contributed by atoms with Crippen LogP contribution in [-0.2, 0) is 12.7 Å². The molecule has 0 atom stereocenters. The van der Waals surface area contributed by atoms with Crippen LogP contribution in [0.4, 0.5) is 29.1 Å². The van der Waals surface area contributed by atoms with Gasteiger partial charge in [-0.3, -0.25) is 4.68 Å². The molecule has 200 valence electrons. The molecule has 39 heavy (non-hydrogen) atoms. The van der Waals surface area contributed by atoms with Gasteiger partial charge in [0.05, 0.1) is 54.3 Å². The van der Waals surface area contributed by atoms with Crippen molar-refractivity contribution in [2.24, 2.45) is 0 Å². The van der Waals surface area contributed by atoms with Gasteiger partial charge in [-0.05, 0) is 54.1 Å². The Morgan fingerprint density at radius 1 is 0.974 bits per heavy atom. The van der Waals surface area contributed by atoms with Gasteiger partial charge >= 0.3 is 6.18 Å². The zero-order valence-electron chi connectivity index (χ0n) is 20.7. The Kier molecular flexibility index (Phi) is 7.05. The van der Waals surface area contributed by atoms with Gasteiger partial charge < -0.3 is 14.8 Å². The van der Waals surface area contributed by atoms with Crippen molar-refractivity contribution in [3.63, 3.8) is 0 Å². The van der Waals surface area contributed by atoms with Crippen LogP contribution in [0.15, 0.2) is 72.9 Å².